The number of nitrogens with zero attached hydrogens (tertiary/aromatic N) is 2. The van der Waals surface area contributed by atoms with Gasteiger partial charge in [0.05, 0.1) is 17.3 Å². The van der Waals surface area contributed by atoms with Gasteiger partial charge in [0.2, 0.25) is 0 Å². The van der Waals surface area contributed by atoms with Crippen LogP contribution in [0.4, 0.5) is 17.1 Å². The number of carboxylic acids is 1. The Morgan fingerprint density at radius 3 is 2.34 bits per heavy atom. The van der Waals surface area contributed by atoms with Gasteiger partial charge >= 0.3 is 5.97 Å². The smallest absolute Gasteiger partial charge is 0.311 e. The summed E-state index contributed by atoms with van der Waals surface area (Å²) in [4.78, 5) is 18.4. The first kappa shape index (κ1) is 22.0. The summed E-state index contributed by atoms with van der Waals surface area (Å²) >= 11 is 0. The van der Waals surface area contributed by atoms with Gasteiger partial charge in [-0.15, -0.1) is 0 Å². The normalized spacial score (nSPS) is 13.4. The molecule has 0 aliphatic rings. The van der Waals surface area contributed by atoms with Gasteiger partial charge in [0.15, 0.2) is 0 Å². The lowest BCUT2D eigenvalue weighted by Crippen LogP contribution is -2.32. The second-order valence-corrected chi connectivity index (χ2v) is 6.86. The Labute approximate surface area is 172 Å². The number of nitrogens with one attached hydrogen (secondary N) is 1. The zero-order chi connectivity index (χ0) is 21.4. The quantitative estimate of drug-likeness (QED) is 0.426. The predicted molar refractivity (Wildman–Crippen MR) is 121 cm³/mol. The van der Waals surface area contributed by atoms with E-state index >= 15 is 0 Å². The number of benzene rings is 2. The summed E-state index contributed by atoms with van der Waals surface area (Å²) in [5.41, 5.74) is 9.78. The summed E-state index contributed by atoms with van der Waals surface area (Å²) in [5, 5.41) is 13.4. The number of nitrogens with two attached hydrogens (primary N) is 1. The fraction of sp³-hybridized carbons (Fsp3) is 0.304. The minimum atomic E-state index is -0.869. The van der Waals surface area contributed by atoms with Crippen LogP contribution in [0.2, 0.25) is 0 Å². The van der Waals surface area contributed by atoms with Crippen LogP contribution >= 0.6 is 0 Å². The minimum absolute atomic E-state index is 0.510. The Morgan fingerprint density at radius 1 is 1.17 bits per heavy atom. The molecule has 0 amide bonds. The highest BCUT2D eigenvalue weighted by atomic mass is 16.4. The Kier molecular flexibility index (Phi) is 7.83. The molecule has 0 saturated carbocycles. The third-order valence-electron chi connectivity index (χ3n) is 4.87. The number of para-hydroxylation sites is 3. The minimum Gasteiger partial charge on any atom is -0.481 e. The number of carbonyl (C=O) groups is 1. The largest absolute Gasteiger partial charge is 0.481 e. The summed E-state index contributed by atoms with van der Waals surface area (Å²) in [6, 6.07) is 17.2. The van der Waals surface area contributed by atoms with Crippen LogP contribution in [0.25, 0.3) is 0 Å². The van der Waals surface area contributed by atoms with Gasteiger partial charge in [0, 0.05) is 31.1 Å². The van der Waals surface area contributed by atoms with Crippen LogP contribution in [0.15, 0.2) is 71.0 Å². The van der Waals surface area contributed by atoms with Crippen molar-refractivity contribution in [3.8, 4) is 0 Å². The van der Waals surface area contributed by atoms with Crippen LogP contribution in [0.1, 0.15) is 26.7 Å². The second-order valence-electron chi connectivity index (χ2n) is 6.86. The van der Waals surface area contributed by atoms with E-state index in [1.807, 2.05) is 80.4 Å². The van der Waals surface area contributed by atoms with Crippen molar-refractivity contribution < 1.29 is 9.90 Å². The first-order valence-corrected chi connectivity index (χ1v) is 9.71. The fourth-order valence-electron chi connectivity index (χ4n) is 3.29. The molecule has 0 spiro atoms. The Balaban J connectivity index is 2.74. The summed E-state index contributed by atoms with van der Waals surface area (Å²) in [5.74, 6) is -0.910. The third-order valence-corrected chi connectivity index (χ3v) is 4.87. The predicted octanol–water partition coefficient (Wildman–Crippen LogP) is 4.62. The van der Waals surface area contributed by atoms with E-state index < -0.39 is 11.9 Å². The van der Waals surface area contributed by atoms with Crippen molar-refractivity contribution in [1.82, 2.24) is 0 Å². The highest BCUT2D eigenvalue weighted by Crippen LogP contribution is 2.31. The molecular formula is C23H30N4O2. The lowest BCUT2D eigenvalue weighted by molar-refractivity contribution is -0.140. The van der Waals surface area contributed by atoms with E-state index in [1.54, 1.807) is 7.05 Å². The summed E-state index contributed by atoms with van der Waals surface area (Å²) < 4.78 is 0. The number of aliphatic carboxylic acids is 1. The highest BCUT2D eigenvalue weighted by Gasteiger charge is 2.29. The average Bonchev–Trinajstić information content (AvgIpc) is 2.72. The topological polar surface area (TPSA) is 90.9 Å². The average molecular weight is 395 g/mol. The van der Waals surface area contributed by atoms with Crippen molar-refractivity contribution in [2.75, 3.05) is 30.0 Å². The number of carboxylic acid groups (broad SMARTS) is 1. The highest BCUT2D eigenvalue weighted by molar-refractivity contribution is 6.04. The molecule has 0 fully saturated rings. The summed E-state index contributed by atoms with van der Waals surface area (Å²) in [6.07, 6.45) is 1.25. The van der Waals surface area contributed by atoms with Crippen molar-refractivity contribution in [2.45, 2.75) is 26.7 Å². The van der Waals surface area contributed by atoms with Crippen LogP contribution in [0.3, 0.4) is 0 Å². The SMILES string of the molecule is CCCC(C(=O)O)/C(C(C)=NC)=C(\Nc1ccccc1)N(C)c1ccccc1N. The molecule has 0 aliphatic carbocycles. The molecule has 1 unspecified atom stereocenters. The molecule has 2 rings (SSSR count). The maximum Gasteiger partial charge on any atom is 0.311 e. The maximum atomic E-state index is 12.2. The molecule has 0 heterocycles. The zero-order valence-electron chi connectivity index (χ0n) is 17.5. The molecule has 6 heteroatoms. The molecule has 154 valence electrons. The van der Waals surface area contributed by atoms with Crippen LogP contribution in [0.5, 0.6) is 0 Å². The monoisotopic (exact) mass is 394 g/mol. The third kappa shape index (κ3) is 5.38. The number of nitrogen functional groups attached to an aromatic ring is 1. The first-order chi connectivity index (χ1) is 13.9. The Bertz CT molecular complexity index is 891. The van der Waals surface area contributed by atoms with Gasteiger partial charge in [0.1, 0.15) is 5.82 Å². The van der Waals surface area contributed by atoms with Gasteiger partial charge in [-0.2, -0.15) is 0 Å². The lowest BCUT2D eigenvalue weighted by Gasteiger charge is -2.30. The van der Waals surface area contributed by atoms with E-state index in [4.69, 9.17) is 5.73 Å². The lowest BCUT2D eigenvalue weighted by atomic mass is 9.90. The summed E-state index contributed by atoms with van der Waals surface area (Å²) in [7, 11) is 3.56. The number of hydrogen-bond donors (Lipinski definition) is 3. The Morgan fingerprint density at radius 2 is 1.79 bits per heavy atom. The van der Waals surface area contributed by atoms with Crippen molar-refractivity contribution in [3.05, 3.63) is 66.0 Å². The molecule has 4 N–H and O–H groups in total. The molecule has 0 saturated heterocycles. The molecule has 2 aromatic rings. The van der Waals surface area contributed by atoms with Crippen LogP contribution in [-0.2, 0) is 4.79 Å². The van der Waals surface area contributed by atoms with E-state index in [9.17, 15) is 9.90 Å². The molecular weight excluding hydrogens is 364 g/mol. The van der Waals surface area contributed by atoms with Crippen LogP contribution < -0.4 is 16.0 Å². The van der Waals surface area contributed by atoms with Gasteiger partial charge in [-0.3, -0.25) is 9.79 Å². The van der Waals surface area contributed by atoms with Gasteiger partial charge in [-0.25, -0.2) is 0 Å². The molecule has 0 aliphatic heterocycles. The van der Waals surface area contributed by atoms with E-state index in [2.05, 4.69) is 10.3 Å². The molecule has 1 atom stereocenters. The van der Waals surface area contributed by atoms with Gasteiger partial charge in [-0.1, -0.05) is 43.7 Å². The molecule has 0 aromatic heterocycles. The van der Waals surface area contributed by atoms with E-state index in [1.165, 1.54) is 0 Å². The number of rotatable bonds is 9. The first-order valence-electron chi connectivity index (χ1n) is 9.71. The van der Waals surface area contributed by atoms with Crippen molar-refractivity contribution in [2.24, 2.45) is 10.9 Å². The molecule has 0 radical (unpaired) electrons. The van der Waals surface area contributed by atoms with Crippen molar-refractivity contribution in [1.29, 1.82) is 0 Å². The van der Waals surface area contributed by atoms with Crippen LogP contribution in [0, 0.1) is 5.92 Å². The fourth-order valence-corrected chi connectivity index (χ4v) is 3.29. The number of aliphatic imine (C=N–C) groups is 1. The van der Waals surface area contributed by atoms with E-state index in [0.29, 0.717) is 29.2 Å². The molecule has 6 nitrogen and oxygen atoms in total. The number of anilines is 3. The van der Waals surface area contributed by atoms with Crippen molar-refractivity contribution in [3.63, 3.8) is 0 Å². The maximum absolute atomic E-state index is 12.2. The second kappa shape index (κ2) is 10.3. The van der Waals surface area contributed by atoms with Gasteiger partial charge in [0.25, 0.3) is 0 Å². The van der Waals surface area contributed by atoms with Crippen molar-refractivity contribution >= 4 is 28.7 Å². The zero-order valence-corrected chi connectivity index (χ0v) is 17.5. The standard InChI is InChI=1S/C23H30N4O2/c1-5-11-18(23(28)29)21(16(2)25-3)22(26-17-12-7-6-8-13-17)27(4)20-15-10-9-14-19(20)24/h6-10,12-15,18,26H,5,11,24H2,1-4H3,(H,28,29)/b22-21+,25-16?. The summed E-state index contributed by atoms with van der Waals surface area (Å²) in [6.45, 7) is 3.82. The van der Waals surface area contributed by atoms with E-state index in [-0.39, 0.29) is 0 Å². The Hall–Kier alpha value is -3.28. The molecule has 2 aromatic carbocycles. The van der Waals surface area contributed by atoms with Gasteiger partial charge in [-0.05, 0) is 37.6 Å². The van der Waals surface area contributed by atoms with Crippen LogP contribution in [-0.4, -0.2) is 30.9 Å². The van der Waals surface area contributed by atoms with Gasteiger partial charge < -0.3 is 21.1 Å². The molecule has 0 bridgehead atoms. The number of hydrogen-bond acceptors (Lipinski definition) is 5. The van der Waals surface area contributed by atoms with E-state index in [0.717, 1.165) is 17.8 Å². The molecule has 29 heavy (non-hydrogen) atoms.